The molecule has 1 aliphatic heterocycles. The Morgan fingerprint density at radius 1 is 1.50 bits per heavy atom. The van der Waals surface area contributed by atoms with Crippen LogP contribution < -0.4 is 5.32 Å². The predicted molar refractivity (Wildman–Crippen MR) is 57.5 cm³/mol. The molecule has 1 aromatic rings. The Labute approximate surface area is 89.4 Å². The van der Waals surface area contributed by atoms with Crippen LogP contribution in [0.15, 0.2) is 0 Å². The van der Waals surface area contributed by atoms with E-state index in [1.807, 2.05) is 14.0 Å². The summed E-state index contributed by atoms with van der Waals surface area (Å²) in [7, 11) is 1.89. The number of hydrogen-bond donors (Lipinski definition) is 1. The second kappa shape index (κ2) is 3.91. The van der Waals surface area contributed by atoms with Crippen LogP contribution in [0.5, 0.6) is 0 Å². The van der Waals surface area contributed by atoms with Crippen molar-refractivity contribution in [3.05, 3.63) is 16.4 Å². The maximum absolute atomic E-state index is 6.21. The second-order valence-electron chi connectivity index (χ2n) is 3.92. The van der Waals surface area contributed by atoms with Crippen molar-refractivity contribution in [3.63, 3.8) is 0 Å². The highest BCUT2D eigenvalue weighted by atomic mass is 35.5. The van der Waals surface area contributed by atoms with Gasteiger partial charge in [-0.25, -0.2) is 0 Å². The van der Waals surface area contributed by atoms with E-state index in [4.69, 9.17) is 11.6 Å². The molecular weight excluding hydrogens is 198 g/mol. The lowest BCUT2D eigenvalue weighted by atomic mass is 9.98. The third kappa shape index (κ3) is 1.66. The molecule has 14 heavy (non-hydrogen) atoms. The van der Waals surface area contributed by atoms with Crippen molar-refractivity contribution in [2.24, 2.45) is 7.05 Å². The molecule has 0 aromatic carbocycles. The zero-order valence-electron chi connectivity index (χ0n) is 8.68. The Bertz CT molecular complexity index is 326. The van der Waals surface area contributed by atoms with Crippen molar-refractivity contribution in [1.29, 1.82) is 0 Å². The Morgan fingerprint density at radius 3 is 2.79 bits per heavy atom. The number of hydrogen-bond acceptors (Lipinski definition) is 2. The van der Waals surface area contributed by atoms with E-state index in [0.717, 1.165) is 17.4 Å². The number of nitrogens with zero attached hydrogens (tertiary/aromatic N) is 2. The first-order valence-electron chi connectivity index (χ1n) is 5.12. The van der Waals surface area contributed by atoms with Crippen LogP contribution in [0.2, 0.25) is 5.15 Å². The molecule has 0 spiro atoms. The number of piperidine rings is 1. The summed E-state index contributed by atoms with van der Waals surface area (Å²) >= 11 is 6.21. The van der Waals surface area contributed by atoms with Gasteiger partial charge in [-0.2, -0.15) is 5.10 Å². The fraction of sp³-hybridized carbons (Fsp3) is 0.700. The molecule has 1 atom stereocenters. The maximum Gasteiger partial charge on any atom is 0.131 e. The minimum atomic E-state index is 0.407. The van der Waals surface area contributed by atoms with E-state index in [0.29, 0.717) is 6.04 Å². The summed E-state index contributed by atoms with van der Waals surface area (Å²) in [6.45, 7) is 3.12. The minimum Gasteiger partial charge on any atom is -0.310 e. The summed E-state index contributed by atoms with van der Waals surface area (Å²) in [5.74, 6) is 0. The van der Waals surface area contributed by atoms with Gasteiger partial charge < -0.3 is 5.32 Å². The summed E-state index contributed by atoms with van der Waals surface area (Å²) in [6, 6.07) is 0.407. The van der Waals surface area contributed by atoms with Gasteiger partial charge in [-0.1, -0.05) is 18.0 Å². The minimum absolute atomic E-state index is 0.407. The molecule has 3 nitrogen and oxygen atoms in total. The van der Waals surface area contributed by atoms with Crippen LogP contribution >= 0.6 is 11.6 Å². The van der Waals surface area contributed by atoms with Crippen molar-refractivity contribution in [2.75, 3.05) is 6.54 Å². The van der Waals surface area contributed by atoms with Crippen LogP contribution in [0.25, 0.3) is 0 Å². The first-order valence-corrected chi connectivity index (χ1v) is 5.50. The predicted octanol–water partition coefficient (Wildman–Crippen LogP) is 2.20. The number of halogens is 1. The van der Waals surface area contributed by atoms with E-state index in [1.54, 1.807) is 4.68 Å². The zero-order valence-corrected chi connectivity index (χ0v) is 9.43. The molecule has 2 heterocycles. The fourth-order valence-corrected chi connectivity index (χ4v) is 2.45. The summed E-state index contributed by atoms with van der Waals surface area (Å²) in [4.78, 5) is 0. The van der Waals surface area contributed by atoms with Crippen LogP contribution in [-0.4, -0.2) is 16.3 Å². The number of aryl methyl sites for hydroxylation is 2. The largest absolute Gasteiger partial charge is 0.310 e. The van der Waals surface area contributed by atoms with Crippen LogP contribution in [0.3, 0.4) is 0 Å². The van der Waals surface area contributed by atoms with Gasteiger partial charge in [-0.3, -0.25) is 4.68 Å². The molecule has 1 aliphatic rings. The molecule has 1 N–H and O–H groups in total. The molecule has 2 rings (SSSR count). The Morgan fingerprint density at radius 2 is 2.29 bits per heavy atom. The van der Waals surface area contributed by atoms with E-state index in [-0.39, 0.29) is 0 Å². The summed E-state index contributed by atoms with van der Waals surface area (Å²) in [5.41, 5.74) is 2.24. The van der Waals surface area contributed by atoms with Gasteiger partial charge in [0.25, 0.3) is 0 Å². The van der Waals surface area contributed by atoms with Crippen molar-refractivity contribution >= 4 is 11.6 Å². The summed E-state index contributed by atoms with van der Waals surface area (Å²) in [6.07, 6.45) is 3.72. The highest BCUT2D eigenvalue weighted by Crippen LogP contribution is 2.30. The Hall–Kier alpha value is -0.540. The molecule has 0 aliphatic carbocycles. The number of nitrogens with one attached hydrogen (secondary N) is 1. The van der Waals surface area contributed by atoms with Gasteiger partial charge in [0.2, 0.25) is 0 Å². The first-order chi connectivity index (χ1) is 6.70. The van der Waals surface area contributed by atoms with Crippen LogP contribution in [0.1, 0.15) is 36.6 Å². The van der Waals surface area contributed by atoms with E-state index in [1.165, 1.54) is 24.8 Å². The number of rotatable bonds is 1. The lowest BCUT2D eigenvalue weighted by Gasteiger charge is -2.23. The van der Waals surface area contributed by atoms with Crippen LogP contribution in [-0.2, 0) is 7.05 Å². The van der Waals surface area contributed by atoms with Gasteiger partial charge in [0.05, 0.1) is 5.69 Å². The van der Waals surface area contributed by atoms with Gasteiger partial charge in [0.1, 0.15) is 5.15 Å². The molecule has 4 heteroatoms. The van der Waals surface area contributed by atoms with Crippen molar-refractivity contribution < 1.29 is 0 Å². The zero-order chi connectivity index (χ0) is 10.1. The highest BCUT2D eigenvalue weighted by molar-refractivity contribution is 6.30. The van der Waals surface area contributed by atoms with Gasteiger partial charge in [0.15, 0.2) is 0 Å². The van der Waals surface area contributed by atoms with Crippen molar-refractivity contribution in [2.45, 2.75) is 32.2 Å². The monoisotopic (exact) mass is 213 g/mol. The lowest BCUT2D eigenvalue weighted by molar-refractivity contribution is 0.411. The highest BCUT2D eigenvalue weighted by Gasteiger charge is 2.22. The van der Waals surface area contributed by atoms with E-state index in [9.17, 15) is 0 Å². The second-order valence-corrected chi connectivity index (χ2v) is 4.27. The molecule has 0 saturated carbocycles. The number of aromatic nitrogens is 2. The van der Waals surface area contributed by atoms with Crippen LogP contribution in [0, 0.1) is 6.92 Å². The Kier molecular flexibility index (Phi) is 2.79. The molecule has 78 valence electrons. The maximum atomic E-state index is 6.21. The first kappa shape index (κ1) is 9.99. The average molecular weight is 214 g/mol. The average Bonchev–Trinajstić information content (AvgIpc) is 2.43. The molecule has 1 fully saturated rings. The SMILES string of the molecule is Cc1nn(C)c(Cl)c1C1CCCCN1. The molecule has 1 aromatic heterocycles. The van der Waals surface area contributed by atoms with Gasteiger partial charge in [-0.15, -0.1) is 0 Å². The molecule has 0 radical (unpaired) electrons. The molecule has 0 bridgehead atoms. The van der Waals surface area contributed by atoms with Gasteiger partial charge in [0, 0.05) is 18.7 Å². The topological polar surface area (TPSA) is 29.9 Å². The quantitative estimate of drug-likeness (QED) is 0.775. The smallest absolute Gasteiger partial charge is 0.131 e. The van der Waals surface area contributed by atoms with E-state index in [2.05, 4.69) is 10.4 Å². The summed E-state index contributed by atoms with van der Waals surface area (Å²) < 4.78 is 1.75. The Balaban J connectivity index is 2.29. The normalized spacial score (nSPS) is 22.6. The van der Waals surface area contributed by atoms with Gasteiger partial charge >= 0.3 is 0 Å². The fourth-order valence-electron chi connectivity index (χ4n) is 2.14. The summed E-state index contributed by atoms with van der Waals surface area (Å²) in [5, 5.41) is 8.60. The van der Waals surface area contributed by atoms with E-state index < -0.39 is 0 Å². The van der Waals surface area contributed by atoms with E-state index >= 15 is 0 Å². The standard InChI is InChI=1S/C10H16ClN3/c1-7-9(10(11)14(2)13-7)8-5-3-4-6-12-8/h8,12H,3-6H2,1-2H3. The van der Waals surface area contributed by atoms with Crippen LogP contribution in [0.4, 0.5) is 0 Å². The van der Waals surface area contributed by atoms with Crippen molar-refractivity contribution in [3.8, 4) is 0 Å². The lowest BCUT2D eigenvalue weighted by Crippen LogP contribution is -2.27. The molecular formula is C10H16ClN3. The third-order valence-corrected chi connectivity index (χ3v) is 3.30. The van der Waals surface area contributed by atoms with Crippen molar-refractivity contribution in [1.82, 2.24) is 15.1 Å². The molecule has 1 unspecified atom stereocenters. The van der Waals surface area contributed by atoms with Gasteiger partial charge in [-0.05, 0) is 26.3 Å². The molecule has 1 saturated heterocycles. The third-order valence-electron chi connectivity index (χ3n) is 2.85. The molecule has 0 amide bonds.